The lowest BCUT2D eigenvalue weighted by Crippen LogP contribution is -2.37. The molecule has 0 bridgehead atoms. The van der Waals surface area contributed by atoms with Gasteiger partial charge in [-0.1, -0.05) is 45.7 Å². The van der Waals surface area contributed by atoms with E-state index in [1.807, 2.05) is 6.07 Å². The fourth-order valence-electron chi connectivity index (χ4n) is 2.47. The van der Waals surface area contributed by atoms with Crippen molar-refractivity contribution < 1.29 is 4.39 Å². The number of halogens is 2. The molecule has 1 unspecified atom stereocenters. The highest BCUT2D eigenvalue weighted by atomic mass is 79.9. The Hall–Kier alpha value is -0.410. The zero-order valence-electron chi connectivity index (χ0n) is 11.5. The normalized spacial score (nSPS) is 13.0. The van der Waals surface area contributed by atoms with E-state index >= 15 is 0 Å². The fraction of sp³-hybridized carbons (Fsp3) is 0.600. The molecular weight excluding hydrogens is 293 g/mol. The molecule has 0 fully saturated rings. The predicted molar refractivity (Wildman–Crippen MR) is 79.3 cm³/mol. The van der Waals surface area contributed by atoms with E-state index in [2.05, 4.69) is 42.0 Å². The van der Waals surface area contributed by atoms with Gasteiger partial charge in [0.15, 0.2) is 0 Å². The predicted octanol–water partition coefficient (Wildman–Crippen LogP) is 4.55. The van der Waals surface area contributed by atoms with Crippen molar-refractivity contribution in [1.82, 2.24) is 5.32 Å². The van der Waals surface area contributed by atoms with Crippen molar-refractivity contribution in [2.24, 2.45) is 5.92 Å². The molecule has 102 valence electrons. The molecule has 1 rings (SSSR count). The Morgan fingerprint density at radius 1 is 1.22 bits per heavy atom. The first kappa shape index (κ1) is 15.6. The van der Waals surface area contributed by atoms with Crippen LogP contribution in [0.15, 0.2) is 22.7 Å². The summed E-state index contributed by atoms with van der Waals surface area (Å²) in [7, 11) is 0. The third-order valence-corrected chi connectivity index (χ3v) is 4.44. The summed E-state index contributed by atoms with van der Waals surface area (Å²) in [6, 6.07) is 5.70. The van der Waals surface area contributed by atoms with Gasteiger partial charge in [-0.2, -0.15) is 0 Å². The third-order valence-electron chi connectivity index (χ3n) is 3.56. The standard InChI is InChI=1S/C15H23BrFN/c1-4-11(5-2)14(18-6-3)10-12-8-7-9-13(17)15(12)16/h7-9,11,14,18H,4-6,10H2,1-3H3. The second-order valence-corrected chi connectivity index (χ2v) is 5.45. The highest BCUT2D eigenvalue weighted by Crippen LogP contribution is 2.24. The van der Waals surface area contributed by atoms with E-state index in [1.165, 1.54) is 6.07 Å². The van der Waals surface area contributed by atoms with Crippen molar-refractivity contribution >= 4 is 15.9 Å². The number of rotatable bonds is 7. The van der Waals surface area contributed by atoms with Gasteiger partial charge in [-0.3, -0.25) is 0 Å². The minimum Gasteiger partial charge on any atom is -0.314 e. The maximum absolute atomic E-state index is 13.5. The minimum atomic E-state index is -0.174. The van der Waals surface area contributed by atoms with Crippen molar-refractivity contribution in [3.8, 4) is 0 Å². The van der Waals surface area contributed by atoms with Gasteiger partial charge >= 0.3 is 0 Å². The van der Waals surface area contributed by atoms with Gasteiger partial charge in [0.1, 0.15) is 5.82 Å². The van der Waals surface area contributed by atoms with Crippen molar-refractivity contribution in [3.05, 3.63) is 34.1 Å². The monoisotopic (exact) mass is 315 g/mol. The molecular formula is C15H23BrFN. The van der Waals surface area contributed by atoms with Crippen LogP contribution in [0.3, 0.4) is 0 Å². The van der Waals surface area contributed by atoms with E-state index < -0.39 is 0 Å². The quantitative estimate of drug-likeness (QED) is 0.778. The first-order chi connectivity index (χ1) is 8.63. The van der Waals surface area contributed by atoms with Crippen LogP contribution in [0.2, 0.25) is 0 Å². The second kappa shape index (κ2) is 7.90. The van der Waals surface area contributed by atoms with Gasteiger partial charge in [0.05, 0.1) is 4.47 Å². The number of likely N-dealkylation sites (N-methyl/N-ethyl adjacent to an activating group) is 1. The zero-order valence-corrected chi connectivity index (χ0v) is 13.1. The lowest BCUT2D eigenvalue weighted by atomic mass is 9.89. The van der Waals surface area contributed by atoms with Crippen molar-refractivity contribution in [3.63, 3.8) is 0 Å². The molecule has 0 radical (unpaired) electrons. The molecule has 0 saturated carbocycles. The van der Waals surface area contributed by atoms with E-state index in [1.54, 1.807) is 6.07 Å². The molecule has 1 atom stereocenters. The van der Waals surface area contributed by atoms with E-state index in [-0.39, 0.29) is 5.82 Å². The summed E-state index contributed by atoms with van der Waals surface area (Å²) in [5, 5.41) is 3.54. The van der Waals surface area contributed by atoms with E-state index in [0.29, 0.717) is 16.4 Å². The summed E-state index contributed by atoms with van der Waals surface area (Å²) in [5.41, 5.74) is 1.05. The Morgan fingerprint density at radius 2 is 1.89 bits per heavy atom. The molecule has 0 aliphatic heterocycles. The number of hydrogen-bond donors (Lipinski definition) is 1. The van der Waals surface area contributed by atoms with Gasteiger partial charge in [0.2, 0.25) is 0 Å². The lowest BCUT2D eigenvalue weighted by molar-refractivity contribution is 0.336. The van der Waals surface area contributed by atoms with Gasteiger partial charge in [-0.15, -0.1) is 0 Å². The average Bonchev–Trinajstić information content (AvgIpc) is 2.36. The van der Waals surface area contributed by atoms with Crippen molar-refractivity contribution in [1.29, 1.82) is 0 Å². The van der Waals surface area contributed by atoms with Crippen molar-refractivity contribution in [2.45, 2.75) is 46.1 Å². The van der Waals surface area contributed by atoms with Crippen LogP contribution in [0, 0.1) is 11.7 Å². The second-order valence-electron chi connectivity index (χ2n) is 4.66. The summed E-state index contributed by atoms with van der Waals surface area (Å²) < 4.78 is 14.1. The van der Waals surface area contributed by atoms with Crippen LogP contribution in [-0.4, -0.2) is 12.6 Å². The van der Waals surface area contributed by atoms with E-state index in [4.69, 9.17) is 0 Å². The number of nitrogens with one attached hydrogen (secondary N) is 1. The summed E-state index contributed by atoms with van der Waals surface area (Å²) in [6.45, 7) is 7.52. The molecule has 18 heavy (non-hydrogen) atoms. The highest BCUT2D eigenvalue weighted by Gasteiger charge is 2.19. The van der Waals surface area contributed by atoms with Crippen LogP contribution >= 0.6 is 15.9 Å². The molecule has 3 heteroatoms. The molecule has 0 aromatic heterocycles. The molecule has 0 aliphatic rings. The Morgan fingerprint density at radius 3 is 2.44 bits per heavy atom. The summed E-state index contributed by atoms with van der Waals surface area (Å²) >= 11 is 3.35. The smallest absolute Gasteiger partial charge is 0.137 e. The maximum atomic E-state index is 13.5. The third kappa shape index (κ3) is 4.06. The Labute approximate surface area is 118 Å². The number of hydrogen-bond acceptors (Lipinski definition) is 1. The summed E-state index contributed by atoms with van der Waals surface area (Å²) in [6.07, 6.45) is 3.18. The molecule has 0 spiro atoms. The first-order valence-electron chi connectivity index (χ1n) is 6.80. The van der Waals surface area contributed by atoms with Crippen LogP contribution in [0.4, 0.5) is 4.39 Å². The molecule has 1 nitrogen and oxygen atoms in total. The molecule has 1 N–H and O–H groups in total. The minimum absolute atomic E-state index is 0.174. The Balaban J connectivity index is 2.85. The molecule has 0 aliphatic carbocycles. The SMILES string of the molecule is CCNC(Cc1cccc(F)c1Br)C(CC)CC. The van der Waals surface area contributed by atoms with E-state index in [9.17, 15) is 4.39 Å². The molecule has 0 saturated heterocycles. The molecule has 0 heterocycles. The maximum Gasteiger partial charge on any atom is 0.137 e. The Kier molecular flexibility index (Phi) is 6.87. The van der Waals surface area contributed by atoms with Gasteiger partial charge in [0, 0.05) is 6.04 Å². The number of benzene rings is 1. The Bertz CT molecular complexity index is 364. The van der Waals surface area contributed by atoms with Crippen LogP contribution in [0.25, 0.3) is 0 Å². The van der Waals surface area contributed by atoms with Gasteiger partial charge in [-0.25, -0.2) is 4.39 Å². The zero-order chi connectivity index (χ0) is 13.5. The topological polar surface area (TPSA) is 12.0 Å². The molecule has 0 amide bonds. The lowest BCUT2D eigenvalue weighted by Gasteiger charge is -2.26. The first-order valence-corrected chi connectivity index (χ1v) is 7.59. The van der Waals surface area contributed by atoms with Gasteiger partial charge in [-0.05, 0) is 46.4 Å². The van der Waals surface area contributed by atoms with E-state index in [0.717, 1.165) is 31.4 Å². The van der Waals surface area contributed by atoms with Crippen LogP contribution in [-0.2, 0) is 6.42 Å². The largest absolute Gasteiger partial charge is 0.314 e. The van der Waals surface area contributed by atoms with Crippen LogP contribution < -0.4 is 5.32 Å². The van der Waals surface area contributed by atoms with Gasteiger partial charge in [0.25, 0.3) is 0 Å². The van der Waals surface area contributed by atoms with Crippen LogP contribution in [0.5, 0.6) is 0 Å². The average molecular weight is 316 g/mol. The molecule has 1 aromatic carbocycles. The van der Waals surface area contributed by atoms with Crippen molar-refractivity contribution in [2.75, 3.05) is 6.54 Å². The summed E-state index contributed by atoms with van der Waals surface area (Å²) in [4.78, 5) is 0. The molecule has 1 aromatic rings. The summed E-state index contributed by atoms with van der Waals surface area (Å²) in [5.74, 6) is 0.465. The van der Waals surface area contributed by atoms with Crippen LogP contribution in [0.1, 0.15) is 39.2 Å². The highest BCUT2D eigenvalue weighted by molar-refractivity contribution is 9.10. The fourth-order valence-corrected chi connectivity index (χ4v) is 2.89. The van der Waals surface area contributed by atoms with Gasteiger partial charge < -0.3 is 5.32 Å².